The molecule has 0 aliphatic carbocycles. The Kier molecular flexibility index (Phi) is 15.2. The third-order valence-electron chi connectivity index (χ3n) is 4.32. The second kappa shape index (κ2) is 15.6. The van der Waals surface area contributed by atoms with Crippen LogP contribution >= 0.6 is 0 Å². The molecule has 0 aromatic rings. The van der Waals surface area contributed by atoms with Crippen molar-refractivity contribution >= 4 is 16.0 Å². The molecule has 5 nitrogen and oxygen atoms in total. The van der Waals surface area contributed by atoms with Crippen molar-refractivity contribution in [2.24, 2.45) is 0 Å². The van der Waals surface area contributed by atoms with Crippen LogP contribution in [0.3, 0.4) is 0 Å². The largest absolute Gasteiger partial charge is 0.466 e. The lowest BCUT2D eigenvalue weighted by Gasteiger charge is -2.19. The van der Waals surface area contributed by atoms with E-state index in [-0.39, 0.29) is 5.97 Å². The molecule has 0 amide bonds. The SMILES string of the molecule is CCCCCCCCCN(CCCCCCC(=O)OCC)S(C)(=O)=O. The van der Waals surface area contributed by atoms with Gasteiger partial charge in [0.1, 0.15) is 0 Å². The summed E-state index contributed by atoms with van der Waals surface area (Å²) in [4.78, 5) is 11.2. The van der Waals surface area contributed by atoms with Crippen LogP contribution in [-0.4, -0.2) is 44.6 Å². The van der Waals surface area contributed by atoms with Crippen molar-refractivity contribution in [2.45, 2.75) is 90.9 Å². The maximum Gasteiger partial charge on any atom is 0.305 e. The molecule has 0 unspecified atom stereocenters. The fraction of sp³-hybridized carbons (Fsp3) is 0.947. The first-order valence-corrected chi connectivity index (χ1v) is 11.9. The Morgan fingerprint density at radius 3 is 1.76 bits per heavy atom. The van der Waals surface area contributed by atoms with E-state index in [4.69, 9.17) is 4.74 Å². The molecule has 0 aromatic carbocycles. The number of hydrogen-bond acceptors (Lipinski definition) is 4. The lowest BCUT2D eigenvalue weighted by atomic mass is 10.1. The first-order chi connectivity index (χ1) is 11.9. The van der Waals surface area contributed by atoms with Gasteiger partial charge in [-0.05, 0) is 26.2 Å². The van der Waals surface area contributed by atoms with Gasteiger partial charge in [-0.15, -0.1) is 0 Å². The van der Waals surface area contributed by atoms with E-state index >= 15 is 0 Å². The average Bonchev–Trinajstić information content (AvgIpc) is 2.54. The zero-order valence-corrected chi connectivity index (χ0v) is 17.4. The fourth-order valence-electron chi connectivity index (χ4n) is 2.83. The van der Waals surface area contributed by atoms with E-state index < -0.39 is 10.0 Å². The molecule has 0 aliphatic rings. The Hall–Kier alpha value is -0.620. The molecule has 0 saturated heterocycles. The van der Waals surface area contributed by atoms with Gasteiger partial charge in [-0.3, -0.25) is 4.79 Å². The molecule has 0 radical (unpaired) electrons. The lowest BCUT2D eigenvalue weighted by Crippen LogP contribution is -2.32. The van der Waals surface area contributed by atoms with Crippen molar-refractivity contribution in [2.75, 3.05) is 26.0 Å². The van der Waals surface area contributed by atoms with Crippen LogP contribution in [-0.2, 0) is 19.6 Å². The number of ether oxygens (including phenoxy) is 1. The quantitative estimate of drug-likeness (QED) is 0.276. The highest BCUT2D eigenvalue weighted by Crippen LogP contribution is 2.11. The Morgan fingerprint density at radius 1 is 0.800 bits per heavy atom. The first kappa shape index (κ1) is 24.4. The van der Waals surface area contributed by atoms with Gasteiger partial charge in [0.25, 0.3) is 0 Å². The van der Waals surface area contributed by atoms with Crippen LogP contribution in [0.15, 0.2) is 0 Å². The number of carbonyl (C=O) groups excluding carboxylic acids is 1. The number of nitrogens with zero attached hydrogens (tertiary/aromatic N) is 1. The predicted molar refractivity (Wildman–Crippen MR) is 104 cm³/mol. The molecule has 0 atom stereocenters. The Balaban J connectivity index is 3.81. The van der Waals surface area contributed by atoms with Crippen LogP contribution in [0.4, 0.5) is 0 Å². The normalized spacial score (nSPS) is 11.8. The fourth-order valence-corrected chi connectivity index (χ4v) is 3.75. The molecule has 0 bridgehead atoms. The summed E-state index contributed by atoms with van der Waals surface area (Å²) in [7, 11) is -3.12. The van der Waals surface area contributed by atoms with Gasteiger partial charge in [-0.2, -0.15) is 0 Å². The van der Waals surface area contributed by atoms with E-state index in [0.29, 0.717) is 26.1 Å². The van der Waals surface area contributed by atoms with Crippen molar-refractivity contribution in [1.29, 1.82) is 0 Å². The van der Waals surface area contributed by atoms with E-state index in [9.17, 15) is 13.2 Å². The summed E-state index contributed by atoms with van der Waals surface area (Å²) >= 11 is 0. The third-order valence-corrected chi connectivity index (χ3v) is 5.63. The van der Waals surface area contributed by atoms with E-state index in [0.717, 1.165) is 38.5 Å². The minimum Gasteiger partial charge on any atom is -0.466 e. The van der Waals surface area contributed by atoms with Gasteiger partial charge in [0.2, 0.25) is 10.0 Å². The van der Waals surface area contributed by atoms with Gasteiger partial charge >= 0.3 is 5.97 Å². The summed E-state index contributed by atoms with van der Waals surface area (Å²) in [5, 5.41) is 0. The number of rotatable bonds is 17. The van der Waals surface area contributed by atoms with Gasteiger partial charge in [-0.1, -0.05) is 58.3 Å². The van der Waals surface area contributed by atoms with Crippen LogP contribution in [0.1, 0.15) is 90.9 Å². The monoisotopic (exact) mass is 377 g/mol. The molecule has 0 fully saturated rings. The second-order valence-electron chi connectivity index (χ2n) is 6.75. The number of unbranched alkanes of at least 4 members (excludes halogenated alkanes) is 9. The number of sulfonamides is 1. The predicted octanol–water partition coefficient (Wildman–Crippen LogP) is 4.51. The van der Waals surface area contributed by atoms with E-state index in [1.165, 1.54) is 38.4 Å². The van der Waals surface area contributed by atoms with E-state index in [2.05, 4.69) is 6.92 Å². The highest BCUT2D eigenvalue weighted by atomic mass is 32.2. The minimum absolute atomic E-state index is 0.140. The van der Waals surface area contributed by atoms with Crippen molar-refractivity contribution in [3.05, 3.63) is 0 Å². The Morgan fingerprint density at radius 2 is 1.28 bits per heavy atom. The molecule has 0 saturated carbocycles. The Bertz CT molecular complexity index is 423. The van der Waals surface area contributed by atoms with Gasteiger partial charge < -0.3 is 4.74 Å². The molecule has 0 N–H and O–H groups in total. The first-order valence-electron chi connectivity index (χ1n) is 10.0. The molecule has 150 valence electrons. The van der Waals surface area contributed by atoms with Crippen molar-refractivity contribution < 1.29 is 17.9 Å². The standard InChI is InChI=1S/C19H39NO4S/c1-4-6-7-8-9-11-14-17-20(25(3,22)23)18-15-12-10-13-16-19(21)24-5-2/h4-18H2,1-3H3. The van der Waals surface area contributed by atoms with E-state index in [1.54, 1.807) is 4.31 Å². The van der Waals surface area contributed by atoms with Crippen molar-refractivity contribution in [3.8, 4) is 0 Å². The second-order valence-corrected chi connectivity index (χ2v) is 8.74. The summed E-state index contributed by atoms with van der Waals surface area (Å²) in [5.74, 6) is -0.140. The highest BCUT2D eigenvalue weighted by Gasteiger charge is 2.15. The smallest absolute Gasteiger partial charge is 0.305 e. The van der Waals surface area contributed by atoms with Gasteiger partial charge in [0.15, 0.2) is 0 Å². The molecule has 0 aromatic heterocycles. The summed E-state index contributed by atoms with van der Waals surface area (Å²) in [5.41, 5.74) is 0. The lowest BCUT2D eigenvalue weighted by molar-refractivity contribution is -0.143. The summed E-state index contributed by atoms with van der Waals surface area (Å²) < 4.78 is 30.3. The Labute approximate surface area is 155 Å². The molecule has 0 aliphatic heterocycles. The zero-order valence-electron chi connectivity index (χ0n) is 16.6. The molecule has 0 rings (SSSR count). The van der Waals surface area contributed by atoms with Crippen LogP contribution < -0.4 is 0 Å². The third kappa shape index (κ3) is 15.4. The van der Waals surface area contributed by atoms with Crippen LogP contribution in [0, 0.1) is 0 Å². The van der Waals surface area contributed by atoms with Gasteiger partial charge in [-0.25, -0.2) is 12.7 Å². The van der Waals surface area contributed by atoms with Crippen molar-refractivity contribution in [1.82, 2.24) is 4.31 Å². The maximum absolute atomic E-state index is 11.9. The van der Waals surface area contributed by atoms with E-state index in [1.807, 2.05) is 6.92 Å². The minimum atomic E-state index is -3.12. The van der Waals surface area contributed by atoms with Crippen LogP contribution in [0.5, 0.6) is 0 Å². The number of hydrogen-bond donors (Lipinski definition) is 0. The summed E-state index contributed by atoms with van der Waals surface area (Å²) in [6, 6.07) is 0. The average molecular weight is 378 g/mol. The summed E-state index contributed by atoms with van der Waals surface area (Å²) in [6.07, 6.45) is 13.7. The molecule has 6 heteroatoms. The zero-order chi connectivity index (χ0) is 19.0. The number of carbonyl (C=O) groups is 1. The summed E-state index contributed by atoms with van der Waals surface area (Å²) in [6.45, 7) is 5.67. The maximum atomic E-state index is 11.9. The molecule has 0 spiro atoms. The number of esters is 1. The van der Waals surface area contributed by atoms with Gasteiger partial charge in [0, 0.05) is 19.5 Å². The van der Waals surface area contributed by atoms with Crippen LogP contribution in [0.25, 0.3) is 0 Å². The van der Waals surface area contributed by atoms with Crippen LogP contribution in [0.2, 0.25) is 0 Å². The van der Waals surface area contributed by atoms with Crippen molar-refractivity contribution in [3.63, 3.8) is 0 Å². The molecule has 25 heavy (non-hydrogen) atoms. The topological polar surface area (TPSA) is 63.7 Å². The van der Waals surface area contributed by atoms with Gasteiger partial charge in [0.05, 0.1) is 12.9 Å². The molecular weight excluding hydrogens is 338 g/mol. The molecular formula is C19H39NO4S. The molecule has 0 heterocycles. The highest BCUT2D eigenvalue weighted by molar-refractivity contribution is 7.88.